The molecule has 0 saturated carbocycles. The van der Waals surface area contributed by atoms with Gasteiger partial charge in [0, 0.05) is 6.20 Å². The molecule has 142 valence electrons. The van der Waals surface area contributed by atoms with Crippen LogP contribution < -0.4 is 0 Å². The number of pyridine rings is 1. The number of rotatable bonds is 5. The van der Waals surface area contributed by atoms with E-state index in [1.54, 1.807) is 13.0 Å². The minimum absolute atomic E-state index is 0.0357. The van der Waals surface area contributed by atoms with Gasteiger partial charge in [0.2, 0.25) is 0 Å². The van der Waals surface area contributed by atoms with E-state index >= 15 is 0 Å². The predicted molar refractivity (Wildman–Crippen MR) is 85.0 cm³/mol. The summed E-state index contributed by atoms with van der Waals surface area (Å²) >= 11 is 5.98. The largest absolute Gasteiger partial charge is 0.467 e. The quantitative estimate of drug-likeness (QED) is 0.717. The van der Waals surface area contributed by atoms with E-state index in [2.05, 4.69) is 4.98 Å². The summed E-state index contributed by atoms with van der Waals surface area (Å²) in [5.74, 6) is -1.39. The molecule has 1 aromatic rings. The molecule has 1 aliphatic rings. The maximum Gasteiger partial charge on any atom is 0.417 e. The standard InChI is InChI=1S/C16H16ClF3N2O4/c1-3-26-15(24)13(22-6-4-5-11(22)14(23)25-2)12-10(17)7-9(8-21-12)16(18,19)20/h4,6-8,11,13H,3,5H2,1-2H3. The van der Waals surface area contributed by atoms with Gasteiger partial charge in [-0.3, -0.25) is 4.98 Å². The number of hydrogen-bond donors (Lipinski definition) is 0. The van der Waals surface area contributed by atoms with Gasteiger partial charge in [0.1, 0.15) is 6.04 Å². The number of carbonyl (C=O) groups excluding carboxylic acids is 2. The van der Waals surface area contributed by atoms with Gasteiger partial charge in [-0.2, -0.15) is 13.2 Å². The molecule has 0 aromatic carbocycles. The Morgan fingerprint density at radius 1 is 1.46 bits per heavy atom. The van der Waals surface area contributed by atoms with Gasteiger partial charge in [-0.25, -0.2) is 9.59 Å². The highest BCUT2D eigenvalue weighted by molar-refractivity contribution is 6.31. The molecular formula is C16H16ClF3N2O4. The third-order valence-electron chi connectivity index (χ3n) is 3.73. The summed E-state index contributed by atoms with van der Waals surface area (Å²) in [6.45, 7) is 1.61. The fourth-order valence-electron chi connectivity index (χ4n) is 2.56. The van der Waals surface area contributed by atoms with E-state index in [0.29, 0.717) is 12.3 Å². The van der Waals surface area contributed by atoms with Crippen LogP contribution in [0.2, 0.25) is 5.02 Å². The van der Waals surface area contributed by atoms with Crippen molar-refractivity contribution in [3.05, 3.63) is 40.8 Å². The maximum atomic E-state index is 12.8. The number of halogens is 4. The van der Waals surface area contributed by atoms with Crippen molar-refractivity contribution >= 4 is 23.5 Å². The molecule has 0 saturated heterocycles. The molecule has 0 N–H and O–H groups in total. The van der Waals surface area contributed by atoms with E-state index in [9.17, 15) is 22.8 Å². The van der Waals surface area contributed by atoms with E-state index in [1.807, 2.05) is 0 Å². The van der Waals surface area contributed by atoms with Gasteiger partial charge >= 0.3 is 18.1 Å². The lowest BCUT2D eigenvalue weighted by atomic mass is 10.1. The Kier molecular flexibility index (Phi) is 6.12. The molecule has 0 aliphatic carbocycles. The number of methoxy groups -OCH3 is 1. The van der Waals surface area contributed by atoms with Crippen molar-refractivity contribution in [2.45, 2.75) is 31.6 Å². The smallest absolute Gasteiger partial charge is 0.417 e. The molecular weight excluding hydrogens is 377 g/mol. The molecule has 0 bridgehead atoms. The van der Waals surface area contributed by atoms with Crippen molar-refractivity contribution in [3.8, 4) is 0 Å². The Labute approximate surface area is 152 Å². The number of hydrogen-bond acceptors (Lipinski definition) is 6. The Morgan fingerprint density at radius 3 is 2.69 bits per heavy atom. The molecule has 2 atom stereocenters. The second-order valence-corrected chi connectivity index (χ2v) is 5.76. The number of carbonyl (C=O) groups is 2. The summed E-state index contributed by atoms with van der Waals surface area (Å²) in [5, 5.41) is -0.359. The van der Waals surface area contributed by atoms with Gasteiger partial charge in [-0.1, -0.05) is 17.7 Å². The zero-order chi connectivity index (χ0) is 19.5. The van der Waals surface area contributed by atoms with Crippen molar-refractivity contribution < 1.29 is 32.2 Å². The lowest BCUT2D eigenvalue weighted by molar-refractivity contribution is -0.153. The summed E-state index contributed by atoms with van der Waals surface area (Å²) in [6.07, 6.45) is -0.678. The van der Waals surface area contributed by atoms with E-state index in [-0.39, 0.29) is 23.7 Å². The van der Waals surface area contributed by atoms with Crippen LogP contribution in [0.4, 0.5) is 13.2 Å². The van der Waals surface area contributed by atoms with Crippen LogP contribution in [0, 0.1) is 0 Å². The molecule has 0 radical (unpaired) electrons. The number of ether oxygens (including phenoxy) is 2. The van der Waals surface area contributed by atoms with Gasteiger partial charge in [0.05, 0.1) is 30.0 Å². The summed E-state index contributed by atoms with van der Waals surface area (Å²) in [6, 6.07) is -1.44. The van der Waals surface area contributed by atoms with Crippen LogP contribution in [-0.4, -0.2) is 41.6 Å². The second-order valence-electron chi connectivity index (χ2n) is 5.35. The molecule has 0 amide bonds. The van der Waals surface area contributed by atoms with Crippen LogP contribution in [0.15, 0.2) is 24.5 Å². The molecule has 26 heavy (non-hydrogen) atoms. The molecule has 1 aliphatic heterocycles. The molecule has 2 rings (SSSR count). The number of esters is 2. The monoisotopic (exact) mass is 392 g/mol. The third-order valence-corrected chi connectivity index (χ3v) is 4.04. The predicted octanol–water partition coefficient (Wildman–Crippen LogP) is 3.12. The lowest BCUT2D eigenvalue weighted by Gasteiger charge is -2.31. The van der Waals surface area contributed by atoms with Crippen LogP contribution in [0.5, 0.6) is 0 Å². The third kappa shape index (κ3) is 4.09. The van der Waals surface area contributed by atoms with E-state index in [1.165, 1.54) is 18.2 Å². The molecule has 2 heterocycles. The average molecular weight is 393 g/mol. The molecule has 6 nitrogen and oxygen atoms in total. The summed E-state index contributed by atoms with van der Waals surface area (Å²) in [7, 11) is 1.20. The fourth-order valence-corrected chi connectivity index (χ4v) is 2.83. The van der Waals surface area contributed by atoms with Crippen molar-refractivity contribution in [1.82, 2.24) is 9.88 Å². The van der Waals surface area contributed by atoms with Gasteiger partial charge in [0.15, 0.2) is 6.04 Å². The first kappa shape index (κ1) is 20.0. The summed E-state index contributed by atoms with van der Waals surface area (Å²) in [4.78, 5) is 29.5. The first-order valence-electron chi connectivity index (χ1n) is 7.61. The first-order valence-corrected chi connectivity index (χ1v) is 7.99. The van der Waals surface area contributed by atoms with Crippen LogP contribution in [0.25, 0.3) is 0 Å². The zero-order valence-corrected chi connectivity index (χ0v) is 14.7. The van der Waals surface area contributed by atoms with Crippen molar-refractivity contribution in [1.29, 1.82) is 0 Å². The maximum absolute atomic E-state index is 12.8. The Morgan fingerprint density at radius 2 is 2.15 bits per heavy atom. The summed E-state index contributed by atoms with van der Waals surface area (Å²) < 4.78 is 48.2. The fraction of sp³-hybridized carbons (Fsp3) is 0.438. The number of aromatic nitrogens is 1. The van der Waals surface area contributed by atoms with Gasteiger partial charge in [-0.05, 0) is 25.6 Å². The summed E-state index contributed by atoms with van der Waals surface area (Å²) in [5.41, 5.74) is -1.19. The Balaban J connectivity index is 2.47. The van der Waals surface area contributed by atoms with Crippen LogP contribution >= 0.6 is 11.6 Å². The highest BCUT2D eigenvalue weighted by Crippen LogP contribution is 2.36. The van der Waals surface area contributed by atoms with E-state index in [4.69, 9.17) is 21.1 Å². The normalized spacial score (nSPS) is 17.9. The lowest BCUT2D eigenvalue weighted by Crippen LogP contribution is -2.42. The molecule has 0 fully saturated rings. The molecule has 0 spiro atoms. The molecule has 1 aromatic heterocycles. The molecule has 2 unspecified atom stereocenters. The van der Waals surface area contributed by atoms with Crippen molar-refractivity contribution in [3.63, 3.8) is 0 Å². The second kappa shape index (κ2) is 7.94. The number of alkyl halides is 3. The zero-order valence-electron chi connectivity index (χ0n) is 13.9. The van der Waals surface area contributed by atoms with Crippen LogP contribution in [-0.2, 0) is 25.2 Å². The highest BCUT2D eigenvalue weighted by Gasteiger charge is 2.40. The minimum atomic E-state index is -4.63. The topological polar surface area (TPSA) is 68.7 Å². The van der Waals surface area contributed by atoms with Gasteiger partial charge in [-0.15, -0.1) is 0 Å². The van der Waals surface area contributed by atoms with Crippen LogP contribution in [0.1, 0.15) is 30.6 Å². The SMILES string of the molecule is CCOC(=O)C(c1ncc(C(F)(F)F)cc1Cl)N1C=CCC1C(=O)OC. The van der Waals surface area contributed by atoms with Crippen molar-refractivity contribution in [2.24, 2.45) is 0 Å². The van der Waals surface area contributed by atoms with Crippen molar-refractivity contribution in [2.75, 3.05) is 13.7 Å². The average Bonchev–Trinajstić information content (AvgIpc) is 3.04. The van der Waals surface area contributed by atoms with E-state index in [0.717, 1.165) is 0 Å². The molecule has 10 heteroatoms. The minimum Gasteiger partial charge on any atom is -0.467 e. The van der Waals surface area contributed by atoms with Gasteiger partial charge < -0.3 is 14.4 Å². The highest BCUT2D eigenvalue weighted by atomic mass is 35.5. The van der Waals surface area contributed by atoms with Gasteiger partial charge in [0.25, 0.3) is 0 Å². The van der Waals surface area contributed by atoms with Crippen LogP contribution in [0.3, 0.4) is 0 Å². The number of nitrogens with zero attached hydrogens (tertiary/aromatic N) is 2. The Bertz CT molecular complexity index is 724. The Hall–Kier alpha value is -2.29. The first-order chi connectivity index (χ1) is 12.2. The van der Waals surface area contributed by atoms with E-state index < -0.39 is 35.8 Å².